The Hall–Kier alpha value is -2.32. The van der Waals surface area contributed by atoms with Gasteiger partial charge >= 0.3 is 0 Å². The first-order valence-electron chi connectivity index (χ1n) is 9.55. The Balaban J connectivity index is 1.37. The van der Waals surface area contributed by atoms with Crippen molar-refractivity contribution >= 4 is 29.4 Å². The molecule has 0 saturated carbocycles. The maximum absolute atomic E-state index is 12.7. The number of fused-ring (bicyclic) bond motifs is 3. The van der Waals surface area contributed by atoms with Gasteiger partial charge in [-0.25, -0.2) is 0 Å². The van der Waals surface area contributed by atoms with E-state index in [9.17, 15) is 9.59 Å². The summed E-state index contributed by atoms with van der Waals surface area (Å²) in [5.41, 5.74) is 0.652. The van der Waals surface area contributed by atoms with Crippen molar-refractivity contribution in [1.82, 2.24) is 15.2 Å². The number of piperidine rings is 3. The number of aromatic nitrogens is 1. The van der Waals surface area contributed by atoms with Crippen molar-refractivity contribution in [3.05, 3.63) is 36.1 Å². The van der Waals surface area contributed by atoms with Crippen molar-refractivity contribution in [1.29, 1.82) is 0 Å². The average molecular weight is 401 g/mol. The van der Waals surface area contributed by atoms with E-state index in [1.54, 1.807) is 0 Å². The minimum absolute atomic E-state index is 0.0220. The van der Waals surface area contributed by atoms with Gasteiger partial charge in [-0.15, -0.1) is 0 Å². The molecule has 4 heterocycles. The van der Waals surface area contributed by atoms with Crippen molar-refractivity contribution in [2.75, 3.05) is 18.4 Å². The van der Waals surface area contributed by atoms with Crippen LogP contribution in [-0.4, -0.2) is 46.9 Å². The summed E-state index contributed by atoms with van der Waals surface area (Å²) in [7, 11) is 0. The SMILES string of the molecule is CC(=O)Nc1coc(Sc2ccc(C(=O)NC3C4CCN(CC4)C3C)cc2)n1. The first-order valence-corrected chi connectivity index (χ1v) is 10.4. The van der Waals surface area contributed by atoms with Gasteiger partial charge in [-0.2, -0.15) is 4.98 Å². The lowest BCUT2D eigenvalue weighted by molar-refractivity contribution is -0.114. The third-order valence-corrected chi connectivity index (χ3v) is 6.45. The molecule has 7 nitrogen and oxygen atoms in total. The summed E-state index contributed by atoms with van der Waals surface area (Å²) in [6, 6.07) is 8.02. The molecule has 28 heavy (non-hydrogen) atoms. The molecule has 5 rings (SSSR count). The number of benzene rings is 1. The molecule has 148 valence electrons. The number of oxazole rings is 1. The fourth-order valence-electron chi connectivity index (χ4n) is 4.10. The van der Waals surface area contributed by atoms with Crippen molar-refractivity contribution in [3.8, 4) is 0 Å². The number of rotatable bonds is 5. The Morgan fingerprint density at radius 1 is 1.21 bits per heavy atom. The highest BCUT2D eigenvalue weighted by molar-refractivity contribution is 7.99. The first kappa shape index (κ1) is 19.0. The quantitative estimate of drug-likeness (QED) is 0.802. The third kappa shape index (κ3) is 4.07. The van der Waals surface area contributed by atoms with Gasteiger partial charge in [-0.1, -0.05) is 0 Å². The summed E-state index contributed by atoms with van der Waals surface area (Å²) < 4.78 is 5.34. The van der Waals surface area contributed by atoms with Crippen LogP contribution in [0.25, 0.3) is 0 Å². The molecule has 2 N–H and O–H groups in total. The molecule has 3 aliphatic rings. The molecule has 2 atom stereocenters. The highest BCUT2D eigenvalue weighted by Gasteiger charge is 2.40. The minimum atomic E-state index is -0.197. The number of hydrogen-bond acceptors (Lipinski definition) is 6. The van der Waals surface area contributed by atoms with Crippen LogP contribution in [0.2, 0.25) is 0 Å². The number of hydrogen-bond donors (Lipinski definition) is 2. The van der Waals surface area contributed by atoms with E-state index in [4.69, 9.17) is 4.42 Å². The molecule has 8 heteroatoms. The van der Waals surface area contributed by atoms with Crippen molar-refractivity contribution in [2.45, 2.75) is 48.9 Å². The van der Waals surface area contributed by atoms with Crippen LogP contribution in [0.3, 0.4) is 0 Å². The Morgan fingerprint density at radius 2 is 1.93 bits per heavy atom. The molecule has 3 aliphatic heterocycles. The summed E-state index contributed by atoms with van der Waals surface area (Å²) in [4.78, 5) is 31.3. The lowest BCUT2D eigenvalue weighted by Crippen LogP contribution is -2.62. The Morgan fingerprint density at radius 3 is 2.57 bits per heavy atom. The molecule has 1 aromatic carbocycles. The van der Waals surface area contributed by atoms with Crippen LogP contribution in [0.5, 0.6) is 0 Å². The second kappa shape index (κ2) is 7.97. The number of nitrogens with one attached hydrogen (secondary N) is 2. The fraction of sp³-hybridized carbons (Fsp3) is 0.450. The average Bonchev–Trinajstić information content (AvgIpc) is 3.11. The van der Waals surface area contributed by atoms with E-state index < -0.39 is 0 Å². The largest absolute Gasteiger partial charge is 0.437 e. The lowest BCUT2D eigenvalue weighted by atomic mass is 9.79. The van der Waals surface area contributed by atoms with Gasteiger partial charge in [-0.3, -0.25) is 14.5 Å². The fourth-order valence-corrected chi connectivity index (χ4v) is 4.81. The van der Waals surface area contributed by atoms with E-state index >= 15 is 0 Å². The molecular formula is C20H24N4O3S. The van der Waals surface area contributed by atoms with Crippen LogP contribution >= 0.6 is 11.8 Å². The molecule has 0 spiro atoms. The first-order chi connectivity index (χ1) is 13.5. The monoisotopic (exact) mass is 400 g/mol. The molecule has 2 aromatic rings. The second-order valence-electron chi connectivity index (χ2n) is 7.42. The Kier molecular flexibility index (Phi) is 5.41. The zero-order chi connectivity index (χ0) is 19.7. The van der Waals surface area contributed by atoms with Crippen LogP contribution in [-0.2, 0) is 4.79 Å². The number of amides is 2. The molecule has 2 unspecified atom stereocenters. The summed E-state index contributed by atoms with van der Waals surface area (Å²) in [6.45, 7) is 5.92. The minimum Gasteiger partial charge on any atom is -0.437 e. The second-order valence-corrected chi connectivity index (χ2v) is 8.44. The molecule has 0 aliphatic carbocycles. The van der Waals surface area contributed by atoms with E-state index in [2.05, 4.69) is 27.4 Å². The molecule has 2 bridgehead atoms. The summed E-state index contributed by atoms with van der Waals surface area (Å²) in [5, 5.41) is 6.26. The van der Waals surface area contributed by atoms with Crippen LogP contribution in [0.15, 0.2) is 45.1 Å². The highest BCUT2D eigenvalue weighted by atomic mass is 32.2. The highest BCUT2D eigenvalue weighted by Crippen LogP contribution is 2.32. The van der Waals surface area contributed by atoms with Crippen molar-refractivity contribution in [3.63, 3.8) is 0 Å². The van der Waals surface area contributed by atoms with Gasteiger partial charge in [0, 0.05) is 29.5 Å². The maximum atomic E-state index is 12.7. The molecule has 2 amide bonds. The van der Waals surface area contributed by atoms with Gasteiger partial charge in [0.15, 0.2) is 5.82 Å². The van der Waals surface area contributed by atoms with Gasteiger partial charge in [0.2, 0.25) is 5.91 Å². The van der Waals surface area contributed by atoms with Gasteiger partial charge < -0.3 is 15.1 Å². The normalized spacial score (nSPS) is 26.1. The van der Waals surface area contributed by atoms with E-state index in [0.29, 0.717) is 28.6 Å². The van der Waals surface area contributed by atoms with E-state index in [1.165, 1.54) is 37.8 Å². The van der Waals surface area contributed by atoms with Gasteiger partial charge in [0.25, 0.3) is 11.1 Å². The summed E-state index contributed by atoms with van der Waals surface area (Å²) in [6.07, 6.45) is 3.74. The van der Waals surface area contributed by atoms with E-state index in [-0.39, 0.29) is 17.9 Å². The predicted molar refractivity (Wildman–Crippen MR) is 106 cm³/mol. The Labute approximate surface area is 168 Å². The molecule has 3 fully saturated rings. The predicted octanol–water partition coefficient (Wildman–Crippen LogP) is 3.00. The van der Waals surface area contributed by atoms with Crippen LogP contribution in [0, 0.1) is 5.92 Å². The molecule has 0 radical (unpaired) electrons. The topological polar surface area (TPSA) is 87.5 Å². The van der Waals surface area contributed by atoms with Crippen LogP contribution in [0.1, 0.15) is 37.0 Å². The van der Waals surface area contributed by atoms with Crippen molar-refractivity contribution in [2.24, 2.45) is 5.92 Å². The lowest BCUT2D eigenvalue weighted by Gasteiger charge is -2.49. The van der Waals surface area contributed by atoms with Gasteiger partial charge in [0.1, 0.15) is 6.26 Å². The molecular weight excluding hydrogens is 376 g/mol. The number of carbonyl (C=O) groups is 2. The zero-order valence-corrected chi connectivity index (χ0v) is 16.8. The Bertz CT molecular complexity index is 857. The van der Waals surface area contributed by atoms with E-state index in [1.807, 2.05) is 24.3 Å². The zero-order valence-electron chi connectivity index (χ0n) is 16.0. The number of carbonyl (C=O) groups excluding carboxylic acids is 2. The number of anilines is 1. The molecule has 1 aromatic heterocycles. The van der Waals surface area contributed by atoms with Crippen LogP contribution < -0.4 is 10.6 Å². The van der Waals surface area contributed by atoms with E-state index in [0.717, 1.165) is 18.0 Å². The standard InChI is InChI=1S/C20H24N4O3S/c1-12-18(14-7-9-24(12)10-8-14)23-19(26)15-3-5-16(6-4-15)28-20-22-17(11-27-20)21-13(2)25/h3-6,11-12,14,18H,7-10H2,1-2H3,(H,21,25)(H,23,26). The van der Waals surface area contributed by atoms with Crippen molar-refractivity contribution < 1.29 is 14.0 Å². The number of nitrogens with zero attached hydrogens (tertiary/aromatic N) is 2. The third-order valence-electron chi connectivity index (χ3n) is 5.58. The summed E-state index contributed by atoms with van der Waals surface area (Å²) >= 11 is 1.33. The smallest absolute Gasteiger partial charge is 0.262 e. The van der Waals surface area contributed by atoms with Gasteiger partial charge in [0.05, 0.1) is 0 Å². The summed E-state index contributed by atoms with van der Waals surface area (Å²) in [5.74, 6) is 0.753. The van der Waals surface area contributed by atoms with Gasteiger partial charge in [-0.05, 0) is 74.8 Å². The van der Waals surface area contributed by atoms with Crippen LogP contribution in [0.4, 0.5) is 5.82 Å². The molecule has 3 saturated heterocycles. The maximum Gasteiger partial charge on any atom is 0.262 e.